The molecule has 0 unspecified atom stereocenters. The first-order valence-corrected chi connectivity index (χ1v) is 4.95. The molecule has 0 spiro atoms. The van der Waals surface area contributed by atoms with Gasteiger partial charge >= 0.3 is 0 Å². The fraction of sp³-hybridized carbons (Fsp3) is 0.0769. The van der Waals surface area contributed by atoms with Gasteiger partial charge in [0.2, 0.25) is 5.78 Å². The Morgan fingerprint density at radius 3 is 2.75 bits per heavy atom. The smallest absolute Gasteiger partial charge is 0.206 e. The van der Waals surface area contributed by atoms with Crippen LogP contribution >= 0.6 is 0 Å². The summed E-state index contributed by atoms with van der Waals surface area (Å²) in [4.78, 5) is 16.0. The normalized spacial score (nSPS) is 10.3. The number of para-hydroxylation sites is 1. The van der Waals surface area contributed by atoms with Crippen LogP contribution in [0.15, 0.2) is 42.5 Å². The fourth-order valence-corrected chi connectivity index (χ4v) is 1.54. The van der Waals surface area contributed by atoms with Crippen LogP contribution in [0, 0.1) is 0 Å². The van der Waals surface area contributed by atoms with Crippen molar-refractivity contribution in [3.8, 4) is 0 Å². The Morgan fingerprint density at radius 1 is 1.38 bits per heavy atom. The van der Waals surface area contributed by atoms with Gasteiger partial charge in [-0.15, -0.1) is 0 Å². The van der Waals surface area contributed by atoms with Crippen LogP contribution in [0.5, 0.6) is 0 Å². The third-order valence-corrected chi connectivity index (χ3v) is 2.37. The van der Waals surface area contributed by atoms with E-state index in [-0.39, 0.29) is 5.78 Å². The summed E-state index contributed by atoms with van der Waals surface area (Å²) in [5, 5.41) is 0.862. The maximum atomic E-state index is 11.7. The van der Waals surface area contributed by atoms with Crippen LogP contribution in [0.2, 0.25) is 0 Å². The fourth-order valence-electron chi connectivity index (χ4n) is 1.54. The highest BCUT2D eigenvalue weighted by molar-refractivity contribution is 6.08. The van der Waals surface area contributed by atoms with E-state index in [2.05, 4.69) is 11.6 Å². The monoisotopic (exact) mass is 212 g/mol. The van der Waals surface area contributed by atoms with Crippen molar-refractivity contribution >= 4 is 22.4 Å². The zero-order chi connectivity index (χ0) is 11.7. The van der Waals surface area contributed by atoms with Crippen molar-refractivity contribution in [3.05, 3.63) is 48.2 Å². The van der Waals surface area contributed by atoms with E-state index in [9.17, 15) is 4.79 Å². The summed E-state index contributed by atoms with van der Waals surface area (Å²) in [5.41, 5.74) is 7.98. The molecule has 2 N–H and O–H groups in total. The van der Waals surface area contributed by atoms with Crippen LogP contribution in [-0.2, 0) is 0 Å². The van der Waals surface area contributed by atoms with Gasteiger partial charge < -0.3 is 5.73 Å². The third-order valence-electron chi connectivity index (χ3n) is 2.37. The number of nitrogens with zero attached hydrogens (tertiary/aromatic N) is 1. The van der Waals surface area contributed by atoms with Crippen LogP contribution in [-0.4, -0.2) is 10.8 Å². The lowest BCUT2D eigenvalue weighted by atomic mass is 10.1. The number of ketones is 1. The second-order valence-corrected chi connectivity index (χ2v) is 3.72. The number of carbonyl (C=O) groups excluding carboxylic acids is 1. The molecule has 3 nitrogen and oxygen atoms in total. The molecule has 80 valence electrons. The number of hydrogen-bond acceptors (Lipinski definition) is 3. The molecular weight excluding hydrogens is 200 g/mol. The minimum atomic E-state index is -0.169. The molecule has 0 amide bonds. The lowest BCUT2D eigenvalue weighted by Gasteiger charge is -2.05. The Bertz CT molecular complexity index is 588. The first kappa shape index (κ1) is 10.4. The van der Waals surface area contributed by atoms with Crippen LogP contribution < -0.4 is 5.73 Å². The topological polar surface area (TPSA) is 56.0 Å². The SMILES string of the molecule is C=C(C)C(=O)c1cc(N)c2ccccc2n1. The van der Waals surface area contributed by atoms with Crippen molar-refractivity contribution in [1.29, 1.82) is 0 Å². The Morgan fingerprint density at radius 2 is 2.06 bits per heavy atom. The van der Waals surface area contributed by atoms with Crippen molar-refractivity contribution < 1.29 is 4.79 Å². The summed E-state index contributed by atoms with van der Waals surface area (Å²) in [6, 6.07) is 9.07. The van der Waals surface area contributed by atoms with Gasteiger partial charge in [0.15, 0.2) is 0 Å². The van der Waals surface area contributed by atoms with E-state index in [0.717, 1.165) is 10.9 Å². The summed E-state index contributed by atoms with van der Waals surface area (Å²) in [5.74, 6) is -0.169. The number of rotatable bonds is 2. The number of fused-ring (bicyclic) bond motifs is 1. The molecule has 0 saturated carbocycles. The Hall–Kier alpha value is -2.16. The van der Waals surface area contributed by atoms with Crippen molar-refractivity contribution in [2.45, 2.75) is 6.92 Å². The molecule has 1 aromatic carbocycles. The Balaban J connectivity index is 2.67. The van der Waals surface area contributed by atoms with Crippen LogP contribution in [0.3, 0.4) is 0 Å². The number of aromatic nitrogens is 1. The molecule has 0 radical (unpaired) electrons. The van der Waals surface area contributed by atoms with Gasteiger partial charge in [-0.2, -0.15) is 0 Å². The molecule has 2 rings (SSSR count). The summed E-state index contributed by atoms with van der Waals surface area (Å²) in [7, 11) is 0. The average molecular weight is 212 g/mol. The van der Waals surface area contributed by atoms with Crippen molar-refractivity contribution in [2.24, 2.45) is 0 Å². The van der Waals surface area contributed by atoms with Crippen LogP contribution in [0.1, 0.15) is 17.4 Å². The van der Waals surface area contributed by atoms with E-state index in [1.165, 1.54) is 0 Å². The number of anilines is 1. The molecule has 1 aromatic heterocycles. The third kappa shape index (κ3) is 1.67. The van der Waals surface area contributed by atoms with Crippen LogP contribution in [0.4, 0.5) is 5.69 Å². The molecule has 0 bridgehead atoms. The number of allylic oxidation sites excluding steroid dienone is 1. The lowest BCUT2D eigenvalue weighted by Crippen LogP contribution is -2.04. The zero-order valence-electron chi connectivity index (χ0n) is 9.03. The van der Waals surface area contributed by atoms with Gasteiger partial charge in [0.25, 0.3) is 0 Å². The number of nitrogens with two attached hydrogens (primary N) is 1. The van der Waals surface area contributed by atoms with Gasteiger partial charge in [0.05, 0.1) is 5.52 Å². The molecule has 16 heavy (non-hydrogen) atoms. The molecule has 0 saturated heterocycles. The number of Topliss-reactive ketones (excluding diaryl/α,β-unsaturated/α-hetero) is 1. The largest absolute Gasteiger partial charge is 0.398 e. The van der Waals surface area contributed by atoms with Crippen LogP contribution in [0.25, 0.3) is 10.9 Å². The predicted octanol–water partition coefficient (Wildman–Crippen LogP) is 2.58. The first-order valence-electron chi connectivity index (χ1n) is 4.95. The summed E-state index contributed by atoms with van der Waals surface area (Å²) in [6.45, 7) is 5.27. The van der Waals surface area contributed by atoms with Gasteiger partial charge in [-0.25, -0.2) is 4.98 Å². The maximum absolute atomic E-state index is 11.7. The maximum Gasteiger partial charge on any atom is 0.206 e. The van der Waals surface area contributed by atoms with E-state index >= 15 is 0 Å². The van der Waals surface area contributed by atoms with Crippen molar-refractivity contribution in [2.75, 3.05) is 5.73 Å². The summed E-state index contributed by atoms with van der Waals surface area (Å²) < 4.78 is 0. The van der Waals surface area contributed by atoms with E-state index in [1.54, 1.807) is 13.0 Å². The van der Waals surface area contributed by atoms with E-state index in [4.69, 9.17) is 5.73 Å². The predicted molar refractivity (Wildman–Crippen MR) is 65.3 cm³/mol. The number of nitrogen functional groups attached to an aromatic ring is 1. The molecule has 0 aliphatic carbocycles. The summed E-state index contributed by atoms with van der Waals surface area (Å²) >= 11 is 0. The highest BCUT2D eigenvalue weighted by atomic mass is 16.1. The average Bonchev–Trinajstić information content (AvgIpc) is 2.28. The van der Waals surface area contributed by atoms with Crippen molar-refractivity contribution in [3.63, 3.8) is 0 Å². The number of pyridine rings is 1. The molecule has 3 heteroatoms. The van der Waals surface area contributed by atoms with E-state index in [0.29, 0.717) is 17.0 Å². The molecule has 0 aliphatic heterocycles. The lowest BCUT2D eigenvalue weighted by molar-refractivity contribution is 0.103. The Labute approximate surface area is 93.6 Å². The van der Waals surface area contributed by atoms with E-state index < -0.39 is 0 Å². The minimum Gasteiger partial charge on any atom is -0.398 e. The standard InChI is InChI=1S/C13H12N2O/c1-8(2)13(16)12-7-10(14)9-5-3-4-6-11(9)15-12/h3-7H,1H2,2H3,(H2,14,15). The van der Waals surface area contributed by atoms with Gasteiger partial charge in [-0.1, -0.05) is 24.8 Å². The first-order chi connectivity index (χ1) is 7.59. The molecule has 1 heterocycles. The second-order valence-electron chi connectivity index (χ2n) is 3.72. The highest BCUT2D eigenvalue weighted by Gasteiger charge is 2.10. The van der Waals surface area contributed by atoms with Gasteiger partial charge in [-0.05, 0) is 24.6 Å². The minimum absolute atomic E-state index is 0.169. The zero-order valence-corrected chi connectivity index (χ0v) is 9.03. The molecule has 0 aliphatic rings. The molecule has 0 fully saturated rings. The molecule has 0 atom stereocenters. The Kier molecular flexibility index (Phi) is 2.44. The van der Waals surface area contributed by atoms with Gasteiger partial charge in [-0.3, -0.25) is 4.79 Å². The number of benzene rings is 1. The van der Waals surface area contributed by atoms with Crippen molar-refractivity contribution in [1.82, 2.24) is 4.98 Å². The number of carbonyl (C=O) groups is 1. The molecular formula is C13H12N2O. The molecule has 2 aromatic rings. The highest BCUT2D eigenvalue weighted by Crippen LogP contribution is 2.21. The second kappa shape index (κ2) is 3.77. The summed E-state index contributed by atoms with van der Waals surface area (Å²) in [6.07, 6.45) is 0. The van der Waals surface area contributed by atoms with Gasteiger partial charge in [0.1, 0.15) is 5.69 Å². The van der Waals surface area contributed by atoms with E-state index in [1.807, 2.05) is 24.3 Å². The van der Waals surface area contributed by atoms with Gasteiger partial charge in [0, 0.05) is 11.1 Å². The number of hydrogen-bond donors (Lipinski definition) is 1. The quantitative estimate of drug-likeness (QED) is 0.614.